The van der Waals surface area contributed by atoms with Gasteiger partial charge >= 0.3 is 0 Å². The molecule has 0 aliphatic carbocycles. The second kappa shape index (κ2) is 34.0. The molecule has 0 unspecified atom stereocenters. The van der Waals surface area contributed by atoms with Gasteiger partial charge in [0.1, 0.15) is 11.3 Å². The summed E-state index contributed by atoms with van der Waals surface area (Å²) in [5.41, 5.74) is 15.1. The van der Waals surface area contributed by atoms with Gasteiger partial charge in [0.05, 0.1) is 100 Å². The number of nitrogens with zero attached hydrogens (tertiary/aromatic N) is 8. The minimum absolute atomic E-state index is 0.0205. The first kappa shape index (κ1) is 92.7. The lowest BCUT2D eigenvalue weighted by molar-refractivity contribution is 0.0870. The van der Waals surface area contributed by atoms with E-state index < -0.39 is 47.3 Å². The van der Waals surface area contributed by atoms with E-state index in [0.717, 1.165) is 103 Å². The third-order valence-electron chi connectivity index (χ3n) is 27.2. The molecule has 8 amide bonds. The van der Waals surface area contributed by atoms with E-state index in [-0.39, 0.29) is 114 Å². The molecule has 4 aliphatic heterocycles. The van der Waals surface area contributed by atoms with Crippen molar-refractivity contribution in [2.24, 2.45) is 0 Å². The smallest absolute Gasteiger partial charge is 0.267 e. The first-order chi connectivity index (χ1) is 64.7. The van der Waals surface area contributed by atoms with Gasteiger partial charge in [0.2, 0.25) is 0 Å². The lowest BCUT2D eigenvalue weighted by Crippen LogP contribution is -2.45. The highest BCUT2D eigenvalue weighted by Gasteiger charge is 2.50. The van der Waals surface area contributed by atoms with Crippen molar-refractivity contribution in [2.75, 3.05) is 19.6 Å². The maximum Gasteiger partial charge on any atom is 0.267 e. The van der Waals surface area contributed by atoms with Gasteiger partial charge < -0.3 is 0 Å². The third kappa shape index (κ3) is 13.5. The fraction of sp³-hybridized carbons (Fsp3) is 0.218. The number of rotatable bonds is 12. The highest BCUT2D eigenvalue weighted by Crippen LogP contribution is 2.56. The number of carbonyl (C=O) groups excluding carboxylic acids is 8. The maximum atomic E-state index is 14.8. The Morgan fingerprint density at radius 1 is 0.235 bits per heavy atom. The third-order valence-corrected chi connectivity index (χ3v) is 33.9. The van der Waals surface area contributed by atoms with E-state index in [1.165, 1.54) is 19.6 Å². The zero-order valence-corrected chi connectivity index (χ0v) is 89.2. The van der Waals surface area contributed by atoms with Crippen LogP contribution >= 0.6 is 127 Å². The van der Waals surface area contributed by atoms with Crippen molar-refractivity contribution in [1.82, 2.24) is 18.8 Å². The molecule has 18 nitrogen and oxygen atoms in total. The van der Waals surface area contributed by atoms with Gasteiger partial charge in [-0.1, -0.05) is 232 Å². The summed E-state index contributed by atoms with van der Waals surface area (Å²) in [5, 5.41) is 9.10. The van der Waals surface area contributed by atoms with E-state index in [1.54, 1.807) is 27.0 Å². The van der Waals surface area contributed by atoms with Gasteiger partial charge in [-0.05, 0) is 279 Å². The molecule has 22 rings (SSSR count). The minimum Gasteiger partial charge on any atom is -0.268 e. The van der Waals surface area contributed by atoms with Gasteiger partial charge in [-0.2, -0.15) is 0 Å². The molecule has 136 heavy (non-hydrogen) atoms. The van der Waals surface area contributed by atoms with Crippen molar-refractivity contribution < 1.29 is 38.4 Å². The molecule has 8 heterocycles. The fourth-order valence-corrected chi connectivity index (χ4v) is 25.6. The molecule has 4 aliphatic rings. The number of carbonyl (C=O) groups is 8. The molecule has 26 heteroatoms. The molecule has 0 N–H and O–H groups in total. The summed E-state index contributed by atoms with van der Waals surface area (Å²) >= 11 is 29.5. The van der Waals surface area contributed by atoms with Crippen molar-refractivity contribution >= 4 is 306 Å². The van der Waals surface area contributed by atoms with Crippen LogP contribution in [0, 0.1) is 0 Å². The van der Waals surface area contributed by atoms with Crippen LogP contribution in [-0.2, 0) is 0 Å². The fourth-order valence-electron chi connectivity index (χ4n) is 21.0. The van der Waals surface area contributed by atoms with Crippen LogP contribution in [0.2, 0.25) is 0 Å². The number of hydrogen-bond acceptors (Lipinski definition) is 12. The van der Waals surface area contributed by atoms with Crippen molar-refractivity contribution in [3.63, 3.8) is 0 Å². The number of amides is 8. The number of aromatic nitrogens is 4. The lowest BCUT2D eigenvalue weighted by Gasteiger charge is -2.37. The average molecular weight is 2320 g/mol. The molecule has 0 radical (unpaired) electrons. The van der Waals surface area contributed by atoms with Crippen molar-refractivity contribution in [1.29, 1.82) is 0 Å². The second-order valence-corrected chi connectivity index (χ2v) is 44.3. The molecule has 18 aromatic rings. The zero-order valence-electron chi connectivity index (χ0n) is 76.5. The summed E-state index contributed by atoms with van der Waals surface area (Å²) in [6, 6.07) is 54.4. The topological polar surface area (TPSA) is 218 Å². The quantitative estimate of drug-likeness (QED) is 0.0634. The van der Waals surface area contributed by atoms with Gasteiger partial charge in [0.15, 0.2) is 0 Å². The molecule has 14 aromatic carbocycles. The molecule has 4 aromatic heterocycles. The number of imide groups is 4. The van der Waals surface area contributed by atoms with Crippen LogP contribution in [-0.4, -0.2) is 66.0 Å². The number of para-hydroxylation sites is 4. The van der Waals surface area contributed by atoms with E-state index in [4.69, 9.17) is 9.97 Å². The van der Waals surface area contributed by atoms with Crippen LogP contribution < -0.4 is 30.7 Å². The van der Waals surface area contributed by atoms with Gasteiger partial charge in [-0.3, -0.25) is 56.7 Å². The minimum atomic E-state index is -0.531. The zero-order chi connectivity index (χ0) is 96.8. The number of fused-ring (bicyclic) bond motifs is 6. The SMILES string of the molecule is CC(C)c1cccc(C(C)C)c1N1C(=O)c2c(Br)c(Br)c3c4c(c(Br)c(Br)c(c24)C1=O)C(=O)N(c1c(C(C)C)cccc1C(C)C)C3=O.CC(C)c1cccc(C(C)C)c1N1C(=O)c2cc(Br)c3c4c(cc(Br)c(c24)C1=O)C(=O)N(c1c(C(C)C)cccc1C(C)C)C3=O.O=c1c2cc(Br)c3c(=O)n4c5cccc6cccc(nc4c4c(Br)cc(c2c34)c2nc3cccc4cccc(c43)n12)c65. The summed E-state index contributed by atoms with van der Waals surface area (Å²) in [6.45, 7) is 32.6. The summed E-state index contributed by atoms with van der Waals surface area (Å²) in [5.74, 6) is -3.81. The summed E-state index contributed by atoms with van der Waals surface area (Å²) in [6.07, 6.45) is 0. The van der Waals surface area contributed by atoms with Crippen LogP contribution in [0.5, 0.6) is 0 Å². The van der Waals surface area contributed by atoms with E-state index in [9.17, 15) is 47.9 Å². The normalized spacial score (nSPS) is 14.1. The number of hydrogen-bond donors (Lipinski definition) is 0. The van der Waals surface area contributed by atoms with Crippen LogP contribution in [0.25, 0.3) is 109 Å². The number of benzene rings is 14. The van der Waals surface area contributed by atoms with Crippen LogP contribution in [0.15, 0.2) is 215 Å². The molecular formula is C110H84Br8N8O10. The Labute approximate surface area is 848 Å². The van der Waals surface area contributed by atoms with Gasteiger partial charge in [0.25, 0.3) is 58.4 Å². The molecular weight excluding hydrogens is 2230 g/mol. The summed E-state index contributed by atoms with van der Waals surface area (Å²) in [4.78, 5) is 161. The Bertz CT molecular complexity index is 8220. The summed E-state index contributed by atoms with van der Waals surface area (Å²) in [7, 11) is 0. The van der Waals surface area contributed by atoms with E-state index in [2.05, 4.69) is 127 Å². The first-order valence-corrected chi connectivity index (χ1v) is 51.4. The average Bonchev–Trinajstić information content (AvgIpc) is 0.678. The Hall–Kier alpha value is -10.9. The molecule has 0 bridgehead atoms. The first-order valence-electron chi connectivity index (χ1n) is 45.0. The largest absolute Gasteiger partial charge is 0.268 e. The van der Waals surface area contributed by atoms with Crippen LogP contribution in [0.4, 0.5) is 22.7 Å². The molecule has 0 saturated heterocycles. The van der Waals surface area contributed by atoms with Gasteiger partial charge in [0, 0.05) is 89.6 Å². The van der Waals surface area contributed by atoms with E-state index in [1.807, 2.05) is 262 Å². The molecule has 0 saturated carbocycles. The van der Waals surface area contributed by atoms with Gasteiger partial charge in [-0.15, -0.1) is 0 Å². The maximum absolute atomic E-state index is 14.8. The van der Waals surface area contributed by atoms with Crippen molar-refractivity contribution in [3.8, 4) is 0 Å². The highest BCUT2D eigenvalue weighted by molar-refractivity contribution is 9.13. The second-order valence-electron chi connectivity index (χ2n) is 37.7. The predicted molar refractivity (Wildman–Crippen MR) is 574 cm³/mol. The van der Waals surface area contributed by atoms with Crippen molar-refractivity contribution in [2.45, 2.75) is 158 Å². The van der Waals surface area contributed by atoms with Crippen molar-refractivity contribution in [3.05, 3.63) is 315 Å². The van der Waals surface area contributed by atoms with Gasteiger partial charge in [-0.25, -0.2) is 29.6 Å². The number of pyridine rings is 2. The van der Waals surface area contributed by atoms with E-state index >= 15 is 0 Å². The Balaban J connectivity index is 0.000000126. The summed E-state index contributed by atoms with van der Waals surface area (Å²) < 4.78 is 6.89. The van der Waals surface area contributed by atoms with Crippen LogP contribution in [0.3, 0.4) is 0 Å². The Kier molecular flexibility index (Phi) is 23.2. The standard InChI is InChI=1S/C38H34Br4N2O4.C38H36Br2N2O4.C34H14Br2N4O2/c1-15(2)19-11-9-12-20(16(3)4)33(19)43-35(45)25-23-24-27(31(41)29(25)39)37(47)44(34-21(17(5)6)13-10-14-22(34)18(7)8)38(48)28(24)32(42)30(40)26(23)36(43)46;1-17(2)21-11-9-12-22(18(3)4)33(21)41-35(43)25-15-28(40)32-30-26(16-27(39)31(29(25)30)37(41)45)36(44)42(38(32)46)34-23(19(5)6)13-10-14-24(34)20(7)8;35-19-13-17-27-18(33(41)39-23-11-3-7-15-5-1-9-21(25(15)23)37-31(17)39)14-20(36)29-30(27)28(19)32-38-22-10-2-6-16-8-4-12-24(26(16)22)40(32)34(29)42/h9-18H,1-8H3;9-20H,1-8H3;1-14H. The lowest BCUT2D eigenvalue weighted by atomic mass is 9.83. The predicted octanol–water partition coefficient (Wildman–Crippen LogP) is 30.6. The Morgan fingerprint density at radius 3 is 0.831 bits per heavy atom. The molecule has 680 valence electrons. The Morgan fingerprint density at radius 2 is 0.507 bits per heavy atom. The van der Waals surface area contributed by atoms with E-state index in [0.29, 0.717) is 97.7 Å². The van der Waals surface area contributed by atoms with Crippen LogP contribution in [0.1, 0.15) is 285 Å². The number of anilines is 4. The highest BCUT2D eigenvalue weighted by atomic mass is 79.9. The molecule has 0 fully saturated rings. The monoisotopic (exact) mass is 2310 g/mol. The molecule has 0 spiro atoms. The molecule has 0 atom stereocenters. The number of halogens is 8.